The number of β-lactam (4-membered cyclic amide) rings is 1. The number of carbonyl (C=O) groups is 3. The summed E-state index contributed by atoms with van der Waals surface area (Å²) < 4.78 is 17.4. The minimum Gasteiger partial charge on any atom is -0.480 e. The number of benzene rings is 1. The predicted octanol–water partition coefficient (Wildman–Crippen LogP) is 0.983. The van der Waals surface area contributed by atoms with Crippen molar-refractivity contribution in [2.75, 3.05) is 12.3 Å². The molecular formula is C17H22N2O6S. The van der Waals surface area contributed by atoms with E-state index in [9.17, 15) is 23.7 Å². The molecule has 2 N–H and O–H groups in total. The first-order chi connectivity index (χ1) is 12.1. The zero-order valence-electron chi connectivity index (χ0n) is 14.8. The lowest BCUT2D eigenvalue weighted by Crippen LogP contribution is -2.68. The van der Waals surface area contributed by atoms with Crippen LogP contribution in [0.2, 0.25) is 0 Å². The van der Waals surface area contributed by atoms with E-state index >= 15 is 0 Å². The Morgan fingerprint density at radius 2 is 1.96 bits per heavy atom. The van der Waals surface area contributed by atoms with Gasteiger partial charge in [0.05, 0.1) is 23.1 Å². The topological polar surface area (TPSA) is 113 Å². The molecule has 0 spiro atoms. The third-order valence-electron chi connectivity index (χ3n) is 3.63. The second kappa shape index (κ2) is 7.86. The molecule has 0 saturated carbocycles. The van der Waals surface area contributed by atoms with Gasteiger partial charge in [-0.25, -0.2) is 9.59 Å². The highest BCUT2D eigenvalue weighted by atomic mass is 32.2. The highest BCUT2D eigenvalue weighted by Crippen LogP contribution is 2.18. The number of alkyl carbamates (subject to hydrolysis) is 1. The molecule has 0 radical (unpaired) electrons. The van der Waals surface area contributed by atoms with Gasteiger partial charge in [0.15, 0.2) is 0 Å². The van der Waals surface area contributed by atoms with Crippen molar-refractivity contribution in [1.82, 2.24) is 10.2 Å². The molecule has 3 atom stereocenters. The second-order valence-corrected chi connectivity index (χ2v) is 8.36. The zero-order chi connectivity index (χ0) is 19.5. The molecule has 1 aromatic carbocycles. The quantitative estimate of drug-likeness (QED) is 0.709. The van der Waals surface area contributed by atoms with Crippen molar-refractivity contribution < 1.29 is 28.4 Å². The first-order valence-corrected chi connectivity index (χ1v) is 9.36. The van der Waals surface area contributed by atoms with Crippen LogP contribution >= 0.6 is 0 Å². The van der Waals surface area contributed by atoms with Crippen molar-refractivity contribution in [3.05, 3.63) is 30.3 Å². The fraction of sp³-hybridized carbons (Fsp3) is 0.471. The highest BCUT2D eigenvalue weighted by Gasteiger charge is 2.45. The maximum Gasteiger partial charge on any atom is 0.408 e. The first-order valence-electron chi connectivity index (χ1n) is 8.04. The summed E-state index contributed by atoms with van der Waals surface area (Å²) in [4.78, 5) is 37.1. The fourth-order valence-electron chi connectivity index (χ4n) is 2.40. The van der Waals surface area contributed by atoms with Crippen molar-refractivity contribution in [3.63, 3.8) is 0 Å². The van der Waals surface area contributed by atoms with Crippen LogP contribution in [0.1, 0.15) is 20.8 Å². The molecule has 8 nitrogen and oxygen atoms in total. The lowest BCUT2D eigenvalue weighted by atomic mass is 10.0. The van der Waals surface area contributed by atoms with Crippen LogP contribution in [0.15, 0.2) is 35.2 Å². The van der Waals surface area contributed by atoms with Gasteiger partial charge in [0.25, 0.3) is 0 Å². The average molecular weight is 382 g/mol. The number of rotatable bonds is 6. The molecule has 1 saturated heterocycles. The number of carbonyl (C=O) groups excluding carboxylic acids is 2. The number of carboxylic acid groups (broad SMARTS) is 1. The van der Waals surface area contributed by atoms with Crippen LogP contribution in [0.3, 0.4) is 0 Å². The first kappa shape index (κ1) is 19.9. The van der Waals surface area contributed by atoms with E-state index in [4.69, 9.17) is 4.74 Å². The van der Waals surface area contributed by atoms with E-state index in [2.05, 4.69) is 5.32 Å². The smallest absolute Gasteiger partial charge is 0.408 e. The standard InChI is InChI=1S/C17H22N2O6S/c1-17(2,3)25-16(23)18-12-9-19(14(12)20)13(15(21)22)10-26(24)11-7-5-4-6-8-11/h4-8,12-13H,9-10H2,1-3H3,(H,18,23)(H,21,22)/t12-,13?,26?/m0/s1. The second-order valence-electron chi connectivity index (χ2n) is 6.87. The monoisotopic (exact) mass is 382 g/mol. The minimum atomic E-state index is -1.56. The van der Waals surface area contributed by atoms with E-state index in [0.29, 0.717) is 4.90 Å². The van der Waals surface area contributed by atoms with E-state index in [0.717, 1.165) is 4.90 Å². The van der Waals surface area contributed by atoms with Crippen LogP contribution in [0.25, 0.3) is 0 Å². The Labute approximate surface area is 154 Å². The Hall–Kier alpha value is -2.42. The number of hydrogen-bond donors (Lipinski definition) is 2. The molecule has 0 aliphatic carbocycles. The number of likely N-dealkylation sites (tertiary alicyclic amines) is 1. The molecule has 1 aliphatic rings. The average Bonchev–Trinajstić information content (AvgIpc) is 2.55. The largest absolute Gasteiger partial charge is 0.480 e. The SMILES string of the molecule is CC(C)(C)OC(=O)N[C@H]1CN(C(CS(=O)c2ccccc2)C(=O)O)C1=O. The Balaban J connectivity index is 1.96. The molecular weight excluding hydrogens is 360 g/mol. The summed E-state index contributed by atoms with van der Waals surface area (Å²) in [6.07, 6.45) is -0.741. The summed E-state index contributed by atoms with van der Waals surface area (Å²) in [6, 6.07) is 6.40. The van der Waals surface area contributed by atoms with Gasteiger partial charge in [0.2, 0.25) is 5.91 Å². The van der Waals surface area contributed by atoms with Crippen LogP contribution in [-0.2, 0) is 25.1 Å². The van der Waals surface area contributed by atoms with E-state index in [1.54, 1.807) is 51.1 Å². The van der Waals surface area contributed by atoms with E-state index in [1.807, 2.05) is 0 Å². The molecule has 1 aliphatic heterocycles. The Bertz CT molecular complexity index is 716. The fourth-order valence-corrected chi connectivity index (χ4v) is 3.66. The number of ether oxygens (including phenoxy) is 1. The van der Waals surface area contributed by atoms with Crippen molar-refractivity contribution in [3.8, 4) is 0 Å². The molecule has 0 aromatic heterocycles. The van der Waals surface area contributed by atoms with Crippen molar-refractivity contribution >= 4 is 28.8 Å². The highest BCUT2D eigenvalue weighted by molar-refractivity contribution is 7.85. The van der Waals surface area contributed by atoms with Gasteiger partial charge >= 0.3 is 12.1 Å². The van der Waals surface area contributed by atoms with Gasteiger partial charge in [-0.1, -0.05) is 18.2 Å². The van der Waals surface area contributed by atoms with E-state index in [1.165, 1.54) is 0 Å². The number of hydrogen-bond acceptors (Lipinski definition) is 5. The molecule has 2 rings (SSSR count). The van der Waals surface area contributed by atoms with Gasteiger partial charge in [-0.05, 0) is 32.9 Å². The van der Waals surface area contributed by atoms with Crippen LogP contribution in [-0.4, -0.2) is 62.2 Å². The lowest BCUT2D eigenvalue weighted by molar-refractivity contribution is -0.157. The molecule has 2 amide bonds. The summed E-state index contributed by atoms with van der Waals surface area (Å²) in [5.41, 5.74) is -0.702. The molecule has 2 unspecified atom stereocenters. The Morgan fingerprint density at radius 3 is 2.46 bits per heavy atom. The maximum atomic E-state index is 12.3. The number of amides is 2. The van der Waals surface area contributed by atoms with Gasteiger partial charge in [-0.2, -0.15) is 0 Å². The lowest BCUT2D eigenvalue weighted by Gasteiger charge is -2.41. The number of nitrogens with zero attached hydrogens (tertiary/aromatic N) is 1. The number of aliphatic carboxylic acids is 1. The van der Waals surface area contributed by atoms with Crippen LogP contribution in [0.5, 0.6) is 0 Å². The normalized spacial score (nSPS) is 19.3. The van der Waals surface area contributed by atoms with E-state index in [-0.39, 0.29) is 12.3 Å². The predicted molar refractivity (Wildman–Crippen MR) is 94.0 cm³/mol. The third-order valence-corrected chi connectivity index (χ3v) is 5.04. The molecule has 142 valence electrons. The van der Waals surface area contributed by atoms with Gasteiger partial charge < -0.3 is 20.1 Å². The molecule has 0 bridgehead atoms. The summed E-state index contributed by atoms with van der Waals surface area (Å²) >= 11 is 0. The zero-order valence-corrected chi connectivity index (χ0v) is 15.6. The van der Waals surface area contributed by atoms with Crippen LogP contribution in [0.4, 0.5) is 4.79 Å². The van der Waals surface area contributed by atoms with Crippen LogP contribution < -0.4 is 5.32 Å². The van der Waals surface area contributed by atoms with Crippen LogP contribution in [0, 0.1) is 0 Å². The summed E-state index contributed by atoms with van der Waals surface area (Å²) in [5, 5.41) is 11.8. The minimum absolute atomic E-state index is 0.0288. The Kier molecular flexibility index (Phi) is 6.01. The molecule has 26 heavy (non-hydrogen) atoms. The molecule has 1 heterocycles. The van der Waals surface area contributed by atoms with Gasteiger partial charge in [-0.15, -0.1) is 0 Å². The summed E-state index contributed by atoms with van der Waals surface area (Å²) in [6.45, 7) is 5.11. The van der Waals surface area contributed by atoms with Gasteiger partial charge in [0.1, 0.15) is 17.7 Å². The summed E-state index contributed by atoms with van der Waals surface area (Å²) in [7, 11) is -1.56. The molecule has 9 heteroatoms. The Morgan fingerprint density at radius 1 is 1.35 bits per heavy atom. The molecule has 1 fully saturated rings. The number of nitrogens with one attached hydrogen (secondary N) is 1. The van der Waals surface area contributed by atoms with Crippen molar-refractivity contribution in [1.29, 1.82) is 0 Å². The molecule has 1 aromatic rings. The number of carboxylic acids is 1. The van der Waals surface area contributed by atoms with Gasteiger partial charge in [0, 0.05) is 4.90 Å². The maximum absolute atomic E-state index is 12.3. The van der Waals surface area contributed by atoms with Crippen molar-refractivity contribution in [2.45, 2.75) is 43.4 Å². The van der Waals surface area contributed by atoms with E-state index < -0.39 is 46.5 Å². The third kappa shape index (κ3) is 5.04. The van der Waals surface area contributed by atoms with Crippen molar-refractivity contribution in [2.24, 2.45) is 0 Å². The van der Waals surface area contributed by atoms with Gasteiger partial charge in [-0.3, -0.25) is 9.00 Å². The summed E-state index contributed by atoms with van der Waals surface area (Å²) in [5.74, 6) is -1.99.